The Bertz CT molecular complexity index is 461. The van der Waals surface area contributed by atoms with E-state index in [1.165, 1.54) is 6.26 Å². The van der Waals surface area contributed by atoms with Crippen molar-refractivity contribution in [3.8, 4) is 0 Å². The zero-order valence-corrected chi connectivity index (χ0v) is 9.94. The number of hydrogen-bond acceptors (Lipinski definition) is 4. The van der Waals surface area contributed by atoms with Crippen molar-refractivity contribution < 1.29 is 13.5 Å². The van der Waals surface area contributed by atoms with E-state index < -0.39 is 9.84 Å². The van der Waals surface area contributed by atoms with Crippen molar-refractivity contribution in [3.63, 3.8) is 0 Å². The number of rotatable bonds is 3. The van der Waals surface area contributed by atoms with Crippen LogP contribution in [0.1, 0.15) is 0 Å². The molecule has 1 aliphatic rings. The highest BCUT2D eigenvalue weighted by Crippen LogP contribution is 2.25. The maximum atomic E-state index is 11.2. The van der Waals surface area contributed by atoms with E-state index >= 15 is 0 Å². The van der Waals surface area contributed by atoms with Crippen LogP contribution in [0.4, 0.5) is 5.69 Å². The topological polar surface area (TPSA) is 57.6 Å². The summed E-state index contributed by atoms with van der Waals surface area (Å²) in [6.45, 7) is 1.90. The third-order valence-electron chi connectivity index (χ3n) is 2.85. The molecule has 0 unspecified atom stereocenters. The van der Waals surface area contributed by atoms with Crippen molar-refractivity contribution in [2.45, 2.75) is 4.90 Å². The van der Waals surface area contributed by atoms with E-state index in [2.05, 4.69) is 4.90 Å². The van der Waals surface area contributed by atoms with Crippen LogP contribution in [0.3, 0.4) is 0 Å². The second kappa shape index (κ2) is 4.07. The van der Waals surface area contributed by atoms with Gasteiger partial charge in [0.2, 0.25) is 0 Å². The Balaban J connectivity index is 2.10. The lowest BCUT2D eigenvalue weighted by atomic mass is 10.0. The molecule has 2 rings (SSSR count). The van der Waals surface area contributed by atoms with Gasteiger partial charge >= 0.3 is 0 Å². The summed E-state index contributed by atoms with van der Waals surface area (Å²) in [5.41, 5.74) is 1.01. The first-order valence-corrected chi connectivity index (χ1v) is 7.06. The molecular formula is C11H15NO3S. The van der Waals surface area contributed by atoms with Gasteiger partial charge in [-0.3, -0.25) is 0 Å². The van der Waals surface area contributed by atoms with Crippen LogP contribution in [0.15, 0.2) is 29.2 Å². The first-order valence-electron chi connectivity index (χ1n) is 5.16. The van der Waals surface area contributed by atoms with E-state index in [4.69, 9.17) is 5.11 Å². The van der Waals surface area contributed by atoms with E-state index in [1.807, 2.05) is 12.1 Å². The summed E-state index contributed by atoms with van der Waals surface area (Å²) in [4.78, 5) is 2.46. The van der Waals surface area contributed by atoms with Crippen molar-refractivity contribution in [2.75, 3.05) is 30.9 Å². The molecule has 1 aliphatic heterocycles. The highest BCUT2D eigenvalue weighted by molar-refractivity contribution is 7.90. The molecule has 1 aromatic rings. The maximum absolute atomic E-state index is 11.2. The summed E-state index contributed by atoms with van der Waals surface area (Å²) < 4.78 is 22.5. The second-order valence-corrected chi connectivity index (χ2v) is 6.24. The van der Waals surface area contributed by atoms with E-state index in [0.29, 0.717) is 10.8 Å². The largest absolute Gasteiger partial charge is 0.396 e. The summed E-state index contributed by atoms with van der Waals surface area (Å²) in [6.07, 6.45) is 1.20. The molecule has 0 atom stereocenters. The van der Waals surface area contributed by atoms with Crippen LogP contribution < -0.4 is 4.90 Å². The van der Waals surface area contributed by atoms with Crippen LogP contribution in [-0.4, -0.2) is 39.5 Å². The van der Waals surface area contributed by atoms with Crippen LogP contribution in [0.25, 0.3) is 0 Å². The molecule has 0 amide bonds. The Kier molecular flexibility index (Phi) is 2.90. The van der Waals surface area contributed by atoms with Gasteiger partial charge in [-0.05, 0) is 24.3 Å². The smallest absolute Gasteiger partial charge is 0.175 e. The summed E-state index contributed by atoms with van der Waals surface area (Å²) in [5, 5.41) is 8.90. The number of aliphatic hydroxyl groups is 1. The van der Waals surface area contributed by atoms with E-state index in [1.54, 1.807) is 12.1 Å². The molecular weight excluding hydrogens is 226 g/mol. The molecule has 1 aromatic carbocycles. The highest BCUT2D eigenvalue weighted by Gasteiger charge is 2.25. The number of sulfone groups is 1. The summed E-state index contributed by atoms with van der Waals surface area (Å²) in [5.74, 6) is 0.356. The fourth-order valence-corrected chi connectivity index (χ4v) is 2.43. The van der Waals surface area contributed by atoms with Gasteiger partial charge in [0, 0.05) is 37.6 Å². The fourth-order valence-electron chi connectivity index (χ4n) is 1.80. The molecule has 4 nitrogen and oxygen atoms in total. The highest BCUT2D eigenvalue weighted by atomic mass is 32.2. The van der Waals surface area contributed by atoms with Gasteiger partial charge in [0.25, 0.3) is 0 Å². The Morgan fingerprint density at radius 1 is 1.31 bits per heavy atom. The molecule has 0 saturated carbocycles. The average molecular weight is 241 g/mol. The van der Waals surface area contributed by atoms with Gasteiger partial charge in [-0.1, -0.05) is 0 Å². The molecule has 88 valence electrons. The third-order valence-corrected chi connectivity index (χ3v) is 3.97. The lowest BCUT2D eigenvalue weighted by molar-refractivity contribution is 0.201. The normalized spacial score (nSPS) is 17.2. The molecule has 0 aliphatic carbocycles. The quantitative estimate of drug-likeness (QED) is 0.838. The van der Waals surface area contributed by atoms with Gasteiger partial charge in [-0.25, -0.2) is 8.42 Å². The van der Waals surface area contributed by atoms with Gasteiger partial charge < -0.3 is 10.0 Å². The summed E-state index contributed by atoms with van der Waals surface area (Å²) >= 11 is 0. The second-order valence-electron chi connectivity index (χ2n) is 4.22. The van der Waals surface area contributed by atoms with Crippen molar-refractivity contribution >= 4 is 15.5 Å². The van der Waals surface area contributed by atoms with Crippen molar-refractivity contribution in [1.29, 1.82) is 0 Å². The van der Waals surface area contributed by atoms with Gasteiger partial charge in [0.15, 0.2) is 9.84 Å². The van der Waals surface area contributed by atoms with Crippen LogP contribution in [-0.2, 0) is 9.84 Å². The van der Waals surface area contributed by atoms with Crippen LogP contribution in [0.2, 0.25) is 0 Å². The Labute approximate surface area is 95.4 Å². The molecule has 0 bridgehead atoms. The van der Waals surface area contributed by atoms with Gasteiger partial charge in [0.1, 0.15) is 0 Å². The monoisotopic (exact) mass is 241 g/mol. The van der Waals surface area contributed by atoms with Crippen molar-refractivity contribution in [3.05, 3.63) is 24.3 Å². The number of nitrogens with zero attached hydrogens (tertiary/aromatic N) is 1. The predicted octanol–water partition coefficient (Wildman–Crippen LogP) is 0.519. The molecule has 1 heterocycles. The lowest BCUT2D eigenvalue weighted by Crippen LogP contribution is -2.48. The minimum absolute atomic E-state index is 0.220. The molecule has 0 spiro atoms. The molecule has 0 aromatic heterocycles. The number of hydrogen-bond donors (Lipinski definition) is 1. The molecule has 0 radical (unpaired) electrons. The van der Waals surface area contributed by atoms with Crippen LogP contribution >= 0.6 is 0 Å². The zero-order chi connectivity index (χ0) is 11.8. The van der Waals surface area contributed by atoms with E-state index in [-0.39, 0.29) is 6.61 Å². The predicted molar refractivity (Wildman–Crippen MR) is 62.3 cm³/mol. The summed E-state index contributed by atoms with van der Waals surface area (Å²) in [7, 11) is -3.11. The number of benzene rings is 1. The average Bonchev–Trinajstić information content (AvgIpc) is 2.15. The molecule has 1 fully saturated rings. The van der Waals surface area contributed by atoms with Crippen LogP contribution in [0.5, 0.6) is 0 Å². The van der Waals surface area contributed by atoms with Crippen LogP contribution in [0, 0.1) is 5.92 Å². The molecule has 16 heavy (non-hydrogen) atoms. The minimum atomic E-state index is -3.11. The summed E-state index contributed by atoms with van der Waals surface area (Å²) in [6, 6.07) is 6.86. The minimum Gasteiger partial charge on any atom is -0.396 e. The van der Waals surface area contributed by atoms with Crippen molar-refractivity contribution in [1.82, 2.24) is 0 Å². The Morgan fingerprint density at radius 3 is 2.31 bits per heavy atom. The first kappa shape index (κ1) is 11.4. The van der Waals surface area contributed by atoms with E-state index in [9.17, 15) is 8.42 Å². The SMILES string of the molecule is CS(=O)(=O)c1ccc(N2CC(CO)C2)cc1. The zero-order valence-electron chi connectivity index (χ0n) is 9.13. The lowest BCUT2D eigenvalue weighted by Gasteiger charge is -2.40. The van der Waals surface area contributed by atoms with Crippen molar-refractivity contribution in [2.24, 2.45) is 5.92 Å². The van der Waals surface area contributed by atoms with Gasteiger partial charge in [-0.15, -0.1) is 0 Å². The third kappa shape index (κ3) is 2.20. The van der Waals surface area contributed by atoms with E-state index in [0.717, 1.165) is 18.8 Å². The fraction of sp³-hybridized carbons (Fsp3) is 0.455. The number of anilines is 1. The Morgan fingerprint density at radius 2 is 1.88 bits per heavy atom. The molecule has 5 heteroatoms. The number of aliphatic hydroxyl groups excluding tert-OH is 1. The molecule has 1 N–H and O–H groups in total. The molecule has 1 saturated heterocycles. The maximum Gasteiger partial charge on any atom is 0.175 e. The van der Waals surface area contributed by atoms with Gasteiger partial charge in [-0.2, -0.15) is 0 Å². The Hall–Kier alpha value is -1.07. The van der Waals surface area contributed by atoms with Gasteiger partial charge in [0.05, 0.1) is 4.90 Å². The first-order chi connectivity index (χ1) is 7.50. The standard InChI is InChI=1S/C11H15NO3S/c1-16(14,15)11-4-2-10(3-5-11)12-6-9(7-12)8-13/h2-5,9,13H,6-8H2,1H3.